The highest BCUT2D eigenvalue weighted by atomic mass is 35.6. The first kappa shape index (κ1) is 13.6. The second-order valence-corrected chi connectivity index (χ2v) is 6.40. The minimum Gasteiger partial charge on any atom is -0.241 e. The summed E-state index contributed by atoms with van der Waals surface area (Å²) in [6.07, 6.45) is -4.53. The van der Waals surface area contributed by atoms with Crippen LogP contribution >= 0.6 is 34.8 Å². The molecule has 0 spiro atoms. The van der Waals surface area contributed by atoms with E-state index in [9.17, 15) is 21.6 Å². The molecule has 0 saturated carbocycles. The Morgan fingerprint density at radius 3 is 1.85 bits per heavy atom. The molecule has 80 valence electrons. The largest absolute Gasteiger partial charge is 0.397 e. The molecule has 0 aliphatic heterocycles. The number of rotatable bonds is 3. The Balaban J connectivity index is 4.74. The molecular weight excluding hydrogens is 279 g/mol. The monoisotopic (exact) mass is 280 g/mol. The SMILES string of the molecule is O=S(=O)(OC(F)(F)CF)C(Cl)(Cl)Cl. The Bertz CT molecular complexity index is 271. The third-order valence-corrected chi connectivity index (χ3v) is 3.40. The van der Waals surface area contributed by atoms with Crippen molar-refractivity contribution in [3.05, 3.63) is 0 Å². The van der Waals surface area contributed by atoms with Gasteiger partial charge in [-0.25, -0.2) is 4.39 Å². The maximum absolute atomic E-state index is 12.0. The molecule has 0 unspecified atom stereocenters. The topological polar surface area (TPSA) is 43.4 Å². The van der Waals surface area contributed by atoms with Gasteiger partial charge in [-0.1, -0.05) is 34.8 Å². The van der Waals surface area contributed by atoms with Crippen molar-refractivity contribution < 1.29 is 25.8 Å². The van der Waals surface area contributed by atoms with E-state index in [1.807, 2.05) is 0 Å². The van der Waals surface area contributed by atoms with Crippen molar-refractivity contribution in [1.82, 2.24) is 0 Å². The molecule has 0 amide bonds. The molecule has 13 heavy (non-hydrogen) atoms. The highest BCUT2D eigenvalue weighted by molar-refractivity contribution is 7.92. The molecule has 0 fully saturated rings. The summed E-state index contributed by atoms with van der Waals surface area (Å²) in [7, 11) is -5.16. The van der Waals surface area contributed by atoms with E-state index in [-0.39, 0.29) is 0 Å². The maximum Gasteiger partial charge on any atom is 0.397 e. The van der Waals surface area contributed by atoms with Crippen LogP contribution in [0.1, 0.15) is 0 Å². The summed E-state index contributed by atoms with van der Waals surface area (Å²) in [5.41, 5.74) is 0. The summed E-state index contributed by atoms with van der Waals surface area (Å²) < 4.78 is 56.5. The molecule has 0 aliphatic carbocycles. The molecular formula is C3H2Cl3F3O3S. The highest BCUT2D eigenvalue weighted by Gasteiger charge is 2.47. The van der Waals surface area contributed by atoms with E-state index in [1.165, 1.54) is 0 Å². The van der Waals surface area contributed by atoms with Crippen LogP contribution in [0.3, 0.4) is 0 Å². The summed E-state index contributed by atoms with van der Waals surface area (Å²) >= 11 is 14.2. The fraction of sp³-hybridized carbons (Fsp3) is 1.00. The Labute approximate surface area is 86.8 Å². The predicted octanol–water partition coefficient (Wildman–Crippen LogP) is 2.22. The van der Waals surface area contributed by atoms with Crippen molar-refractivity contribution in [2.45, 2.75) is 9.23 Å². The van der Waals surface area contributed by atoms with Gasteiger partial charge in [0.05, 0.1) is 0 Å². The Hall–Kier alpha value is 0.570. The fourth-order valence-electron chi connectivity index (χ4n) is 0.230. The van der Waals surface area contributed by atoms with Gasteiger partial charge < -0.3 is 0 Å². The van der Waals surface area contributed by atoms with Crippen LogP contribution < -0.4 is 0 Å². The molecule has 0 radical (unpaired) electrons. The summed E-state index contributed by atoms with van der Waals surface area (Å²) in [5, 5.41) is 0. The maximum atomic E-state index is 12.0. The molecule has 0 heterocycles. The van der Waals surface area contributed by atoms with E-state index < -0.39 is 26.0 Å². The van der Waals surface area contributed by atoms with Crippen LogP contribution in [0, 0.1) is 0 Å². The lowest BCUT2D eigenvalue weighted by Crippen LogP contribution is -2.33. The third-order valence-electron chi connectivity index (χ3n) is 0.671. The van der Waals surface area contributed by atoms with Crippen molar-refractivity contribution in [3.8, 4) is 0 Å². The van der Waals surface area contributed by atoms with Gasteiger partial charge in [0.25, 0.3) is 0 Å². The minimum atomic E-state index is -5.16. The molecule has 0 rings (SSSR count). The van der Waals surface area contributed by atoms with Gasteiger partial charge in [0.2, 0.25) is 0 Å². The Morgan fingerprint density at radius 2 is 1.62 bits per heavy atom. The molecule has 0 bridgehead atoms. The van der Waals surface area contributed by atoms with E-state index in [2.05, 4.69) is 4.18 Å². The second kappa shape index (κ2) is 3.98. The van der Waals surface area contributed by atoms with Crippen molar-refractivity contribution in [1.29, 1.82) is 0 Å². The van der Waals surface area contributed by atoms with E-state index >= 15 is 0 Å². The lowest BCUT2D eigenvalue weighted by Gasteiger charge is -2.16. The summed E-state index contributed by atoms with van der Waals surface area (Å²) in [6, 6.07) is 0. The Morgan fingerprint density at radius 1 is 1.23 bits per heavy atom. The summed E-state index contributed by atoms with van der Waals surface area (Å²) in [4.78, 5) is 0. The Kier molecular flexibility index (Phi) is 4.15. The van der Waals surface area contributed by atoms with Gasteiger partial charge in [-0.2, -0.15) is 21.4 Å². The van der Waals surface area contributed by atoms with Gasteiger partial charge in [0.15, 0.2) is 6.67 Å². The van der Waals surface area contributed by atoms with E-state index in [0.29, 0.717) is 0 Å². The van der Waals surface area contributed by atoms with Crippen LogP contribution in [-0.4, -0.2) is 24.3 Å². The first-order chi connectivity index (χ1) is 5.52. The van der Waals surface area contributed by atoms with Crippen molar-refractivity contribution in [2.24, 2.45) is 0 Å². The third kappa shape index (κ3) is 4.07. The number of halogens is 6. The number of hydrogen-bond donors (Lipinski definition) is 0. The number of alkyl halides is 6. The van der Waals surface area contributed by atoms with Crippen LogP contribution in [0.4, 0.5) is 13.2 Å². The van der Waals surface area contributed by atoms with Crippen molar-refractivity contribution in [3.63, 3.8) is 0 Å². The molecule has 0 aliphatic rings. The van der Waals surface area contributed by atoms with E-state index in [0.717, 1.165) is 0 Å². The smallest absolute Gasteiger partial charge is 0.241 e. The molecule has 0 N–H and O–H groups in total. The summed E-state index contributed by atoms with van der Waals surface area (Å²) in [6.45, 7) is -2.34. The molecule has 0 saturated heterocycles. The van der Waals surface area contributed by atoms with Gasteiger partial charge >= 0.3 is 19.4 Å². The van der Waals surface area contributed by atoms with E-state index in [4.69, 9.17) is 34.8 Å². The first-order valence-corrected chi connectivity index (χ1v) is 5.02. The van der Waals surface area contributed by atoms with Crippen molar-refractivity contribution >= 4 is 44.9 Å². The van der Waals surface area contributed by atoms with Crippen LogP contribution in [0.2, 0.25) is 0 Å². The molecule has 0 atom stereocenters. The van der Waals surface area contributed by atoms with Gasteiger partial charge in [0.1, 0.15) is 0 Å². The molecule has 10 heteroatoms. The molecule has 0 aromatic heterocycles. The van der Waals surface area contributed by atoms with Crippen molar-refractivity contribution in [2.75, 3.05) is 6.67 Å². The standard InChI is InChI=1S/C3H2Cl3F3O3S/c4-3(5,6)13(10,11)12-2(8,9)1-7/h1H2. The van der Waals surface area contributed by atoms with Crippen LogP contribution in [0.25, 0.3) is 0 Å². The summed E-state index contributed by atoms with van der Waals surface area (Å²) in [5.74, 6) is 0. The fourth-order valence-corrected chi connectivity index (χ4v) is 0.974. The normalized spacial score (nSPS) is 14.6. The number of hydrogen-bond acceptors (Lipinski definition) is 3. The zero-order chi connectivity index (χ0) is 10.9. The van der Waals surface area contributed by atoms with E-state index in [1.54, 1.807) is 0 Å². The van der Waals surface area contributed by atoms with Crippen LogP contribution in [0.15, 0.2) is 0 Å². The predicted molar refractivity (Wildman–Crippen MR) is 41.2 cm³/mol. The van der Waals surface area contributed by atoms with Gasteiger partial charge in [0, 0.05) is 0 Å². The molecule has 0 aromatic carbocycles. The lowest BCUT2D eigenvalue weighted by molar-refractivity contribution is -0.182. The molecule has 3 nitrogen and oxygen atoms in total. The average Bonchev–Trinajstić information content (AvgIpc) is 1.83. The van der Waals surface area contributed by atoms with Crippen LogP contribution in [-0.2, 0) is 14.3 Å². The van der Waals surface area contributed by atoms with Gasteiger partial charge in [-0.15, -0.1) is 0 Å². The minimum absolute atomic E-state index is 2.34. The molecule has 0 aromatic rings. The average molecular weight is 281 g/mol. The van der Waals surface area contributed by atoms with Gasteiger partial charge in [-0.05, 0) is 0 Å². The zero-order valence-corrected chi connectivity index (χ0v) is 8.69. The van der Waals surface area contributed by atoms with Gasteiger partial charge in [-0.3, -0.25) is 0 Å². The quantitative estimate of drug-likeness (QED) is 0.588. The highest BCUT2D eigenvalue weighted by Crippen LogP contribution is 2.36. The second-order valence-electron chi connectivity index (χ2n) is 1.75. The first-order valence-electron chi connectivity index (χ1n) is 2.47. The lowest BCUT2D eigenvalue weighted by atomic mass is 10.7. The zero-order valence-electron chi connectivity index (χ0n) is 5.61. The van der Waals surface area contributed by atoms with Crippen LogP contribution in [0.5, 0.6) is 0 Å².